The van der Waals surface area contributed by atoms with Crippen molar-refractivity contribution in [3.63, 3.8) is 0 Å². The SMILES string of the molecule is CCCCCCCCCCCCCCCCCCCC1=NC=C[N+]1(CCN)CC(=O)O. The third-order valence-electron chi connectivity index (χ3n) is 6.54. The maximum atomic E-state index is 11.3. The molecule has 0 saturated heterocycles. The van der Waals surface area contributed by atoms with Crippen molar-refractivity contribution in [2.45, 2.75) is 122 Å². The van der Waals surface area contributed by atoms with E-state index in [1.807, 2.05) is 6.20 Å². The minimum absolute atomic E-state index is 0.0471. The number of carboxylic acids is 1. The molecule has 0 saturated carbocycles. The van der Waals surface area contributed by atoms with Crippen molar-refractivity contribution < 1.29 is 14.4 Å². The molecular formula is C26H50N3O2+. The molecule has 1 aliphatic heterocycles. The number of unbranched alkanes of at least 4 members (excludes halogenated alkanes) is 16. The normalized spacial score (nSPS) is 17.9. The van der Waals surface area contributed by atoms with Gasteiger partial charge in [0.15, 0.2) is 6.54 Å². The Bertz CT molecular complexity index is 519. The fourth-order valence-electron chi connectivity index (χ4n) is 4.64. The number of hydrogen-bond acceptors (Lipinski definition) is 3. The molecule has 5 heteroatoms. The van der Waals surface area contributed by atoms with E-state index in [0.29, 0.717) is 17.6 Å². The molecular weight excluding hydrogens is 386 g/mol. The third-order valence-corrected chi connectivity index (χ3v) is 6.54. The Balaban J connectivity index is 1.93. The number of aliphatic imine (C=N–C) groups is 1. The monoisotopic (exact) mass is 436 g/mol. The number of carboxylic acid groups (broad SMARTS) is 1. The maximum Gasteiger partial charge on any atom is 0.360 e. The van der Waals surface area contributed by atoms with Crippen LogP contribution in [0.15, 0.2) is 17.4 Å². The molecule has 1 unspecified atom stereocenters. The smallest absolute Gasteiger partial charge is 0.360 e. The highest BCUT2D eigenvalue weighted by atomic mass is 16.4. The van der Waals surface area contributed by atoms with Crippen molar-refractivity contribution in [3.8, 4) is 0 Å². The summed E-state index contributed by atoms with van der Waals surface area (Å²) < 4.78 is 0.310. The molecule has 0 aromatic rings. The summed E-state index contributed by atoms with van der Waals surface area (Å²) in [5.41, 5.74) is 5.73. The maximum absolute atomic E-state index is 11.3. The van der Waals surface area contributed by atoms with Gasteiger partial charge in [-0.3, -0.25) is 0 Å². The number of quaternary nitrogens is 1. The number of carbonyl (C=O) groups is 1. The lowest BCUT2D eigenvalue weighted by atomic mass is 10.0. The van der Waals surface area contributed by atoms with Crippen LogP contribution in [0.3, 0.4) is 0 Å². The predicted octanol–water partition coefficient (Wildman–Crippen LogP) is 6.77. The molecule has 0 aromatic heterocycles. The van der Waals surface area contributed by atoms with Gasteiger partial charge in [-0.2, -0.15) is 0 Å². The number of hydrogen-bond donors (Lipinski definition) is 2. The van der Waals surface area contributed by atoms with E-state index in [1.54, 1.807) is 6.20 Å². The Labute approximate surface area is 191 Å². The minimum Gasteiger partial charge on any atom is -0.477 e. The Hall–Kier alpha value is -1.20. The van der Waals surface area contributed by atoms with Crippen molar-refractivity contribution in [1.82, 2.24) is 0 Å². The van der Waals surface area contributed by atoms with Gasteiger partial charge in [0.25, 0.3) is 0 Å². The molecule has 0 fully saturated rings. The van der Waals surface area contributed by atoms with Gasteiger partial charge in [-0.05, 0) is 6.42 Å². The van der Waals surface area contributed by atoms with Gasteiger partial charge in [0, 0.05) is 13.0 Å². The highest BCUT2D eigenvalue weighted by molar-refractivity contribution is 5.81. The van der Waals surface area contributed by atoms with Gasteiger partial charge >= 0.3 is 5.97 Å². The zero-order valence-corrected chi connectivity index (χ0v) is 20.3. The van der Waals surface area contributed by atoms with E-state index >= 15 is 0 Å². The minimum atomic E-state index is -0.796. The lowest BCUT2D eigenvalue weighted by Crippen LogP contribution is -2.52. The van der Waals surface area contributed by atoms with E-state index < -0.39 is 5.97 Å². The summed E-state index contributed by atoms with van der Waals surface area (Å²) in [5, 5.41) is 9.26. The van der Waals surface area contributed by atoms with E-state index in [0.717, 1.165) is 18.7 Å². The first-order valence-corrected chi connectivity index (χ1v) is 13.2. The number of amidine groups is 1. The van der Waals surface area contributed by atoms with Gasteiger partial charge in [-0.15, -0.1) is 0 Å². The average Bonchev–Trinajstić information content (AvgIpc) is 3.11. The van der Waals surface area contributed by atoms with Crippen LogP contribution in [0, 0.1) is 0 Å². The lowest BCUT2D eigenvalue weighted by molar-refractivity contribution is -0.778. The molecule has 1 aliphatic rings. The average molecular weight is 437 g/mol. The van der Waals surface area contributed by atoms with Crippen LogP contribution in [0.1, 0.15) is 122 Å². The van der Waals surface area contributed by atoms with Crippen LogP contribution in [-0.4, -0.2) is 41.0 Å². The molecule has 3 N–H and O–H groups in total. The molecule has 31 heavy (non-hydrogen) atoms. The molecule has 0 bridgehead atoms. The number of nitrogens with two attached hydrogens (primary N) is 1. The van der Waals surface area contributed by atoms with Crippen molar-refractivity contribution in [2.24, 2.45) is 10.7 Å². The lowest BCUT2D eigenvalue weighted by Gasteiger charge is -2.30. The fourth-order valence-corrected chi connectivity index (χ4v) is 4.64. The molecule has 1 heterocycles. The Kier molecular flexibility index (Phi) is 16.5. The fraction of sp³-hybridized carbons (Fsp3) is 0.846. The van der Waals surface area contributed by atoms with Crippen LogP contribution < -0.4 is 5.73 Å². The van der Waals surface area contributed by atoms with Crippen LogP contribution in [0.4, 0.5) is 0 Å². The molecule has 5 nitrogen and oxygen atoms in total. The first-order valence-electron chi connectivity index (χ1n) is 13.2. The summed E-state index contributed by atoms with van der Waals surface area (Å²) in [6, 6.07) is 0. The number of nitrogens with zero attached hydrogens (tertiary/aromatic N) is 2. The summed E-state index contributed by atoms with van der Waals surface area (Å²) in [6.07, 6.45) is 27.7. The molecule has 1 atom stereocenters. The molecule has 180 valence electrons. The van der Waals surface area contributed by atoms with Crippen molar-refractivity contribution in [2.75, 3.05) is 19.6 Å². The third kappa shape index (κ3) is 13.1. The Morgan fingerprint density at radius 3 is 1.71 bits per heavy atom. The van der Waals surface area contributed by atoms with E-state index in [-0.39, 0.29) is 6.54 Å². The van der Waals surface area contributed by atoms with Crippen LogP contribution in [0.5, 0.6) is 0 Å². The number of aliphatic carboxylic acids is 1. The highest BCUT2D eigenvalue weighted by Gasteiger charge is 2.36. The van der Waals surface area contributed by atoms with Gasteiger partial charge in [0.05, 0.1) is 6.20 Å². The van der Waals surface area contributed by atoms with Crippen LogP contribution in [0.2, 0.25) is 0 Å². The van der Waals surface area contributed by atoms with E-state index in [2.05, 4.69) is 11.9 Å². The first-order chi connectivity index (χ1) is 15.1. The van der Waals surface area contributed by atoms with Crippen molar-refractivity contribution in [3.05, 3.63) is 12.4 Å². The summed E-state index contributed by atoms with van der Waals surface area (Å²) in [6.45, 7) is 3.41. The van der Waals surface area contributed by atoms with Gasteiger partial charge in [-0.1, -0.05) is 110 Å². The topological polar surface area (TPSA) is 75.7 Å². The van der Waals surface area contributed by atoms with E-state index in [4.69, 9.17) is 5.73 Å². The molecule has 0 aromatic carbocycles. The van der Waals surface area contributed by atoms with Crippen LogP contribution >= 0.6 is 0 Å². The summed E-state index contributed by atoms with van der Waals surface area (Å²) in [4.78, 5) is 15.7. The molecule has 0 radical (unpaired) electrons. The Morgan fingerprint density at radius 2 is 1.29 bits per heavy atom. The van der Waals surface area contributed by atoms with Gasteiger partial charge in [-0.25, -0.2) is 14.3 Å². The zero-order valence-electron chi connectivity index (χ0n) is 20.3. The Morgan fingerprint density at radius 1 is 0.839 bits per heavy atom. The molecule has 0 aliphatic carbocycles. The summed E-state index contributed by atoms with van der Waals surface area (Å²) in [7, 11) is 0. The van der Waals surface area contributed by atoms with Crippen molar-refractivity contribution in [1.29, 1.82) is 0 Å². The van der Waals surface area contributed by atoms with Gasteiger partial charge < -0.3 is 10.8 Å². The van der Waals surface area contributed by atoms with E-state index in [1.165, 1.54) is 103 Å². The van der Waals surface area contributed by atoms with Crippen LogP contribution in [0.25, 0.3) is 0 Å². The standard InChI is InChI=1S/C26H49N3O2/c1-2-3-4-5-6-7-8-9-10-11-12-13-14-15-16-17-18-19-25-28-21-23-29(25,22-20-27)24-26(30)31/h21,23H,2-20,22,24,27H2,1H3/p+1. The van der Waals surface area contributed by atoms with Crippen LogP contribution in [-0.2, 0) is 4.79 Å². The zero-order chi connectivity index (χ0) is 22.6. The van der Waals surface area contributed by atoms with Gasteiger partial charge in [0.2, 0.25) is 5.84 Å². The summed E-state index contributed by atoms with van der Waals surface area (Å²) in [5.74, 6) is 0.170. The second-order valence-corrected chi connectivity index (χ2v) is 9.35. The predicted molar refractivity (Wildman–Crippen MR) is 132 cm³/mol. The molecule has 0 amide bonds. The largest absolute Gasteiger partial charge is 0.477 e. The second kappa shape index (κ2) is 18.4. The molecule has 0 spiro atoms. The van der Waals surface area contributed by atoms with Crippen molar-refractivity contribution >= 4 is 11.8 Å². The first kappa shape index (κ1) is 27.8. The second-order valence-electron chi connectivity index (χ2n) is 9.35. The number of rotatable bonds is 22. The highest BCUT2D eigenvalue weighted by Crippen LogP contribution is 2.21. The molecule has 1 rings (SSSR count). The quantitative estimate of drug-likeness (QED) is 0.145. The van der Waals surface area contributed by atoms with Gasteiger partial charge in [0.1, 0.15) is 12.7 Å². The summed E-state index contributed by atoms with van der Waals surface area (Å²) >= 11 is 0. The van der Waals surface area contributed by atoms with E-state index in [9.17, 15) is 9.90 Å².